The van der Waals surface area contributed by atoms with Gasteiger partial charge in [0.1, 0.15) is 0 Å². The normalized spacial score (nSPS) is 12.9. The summed E-state index contributed by atoms with van der Waals surface area (Å²) in [5.74, 6) is -0.174. The molecule has 11 heteroatoms. The largest absolute Gasteiger partial charge is 0.394 e. The van der Waals surface area contributed by atoms with E-state index in [0.29, 0.717) is 37.0 Å². The lowest BCUT2D eigenvalue weighted by atomic mass is 10.0. The first-order valence-corrected chi connectivity index (χ1v) is 15.7. The van der Waals surface area contributed by atoms with Crippen LogP contribution in [0.5, 0.6) is 0 Å². The third kappa shape index (κ3) is 13.6. The number of nitro benzene ring substituents is 1. The Morgan fingerprint density at radius 2 is 1.49 bits per heavy atom. The second-order valence-electron chi connectivity index (χ2n) is 11.0. The molecule has 0 aliphatic rings. The highest BCUT2D eigenvalue weighted by molar-refractivity contribution is 5.93. The third-order valence-electron chi connectivity index (χ3n) is 7.60. The number of rotatable bonds is 25. The second-order valence-corrected chi connectivity index (χ2v) is 11.0. The molecule has 0 fully saturated rings. The van der Waals surface area contributed by atoms with Crippen molar-refractivity contribution in [2.24, 2.45) is 0 Å². The quantitative estimate of drug-likeness (QED) is 0.0592. The molecule has 0 aliphatic heterocycles. The highest BCUT2D eigenvalue weighted by Crippen LogP contribution is 2.28. The van der Waals surface area contributed by atoms with E-state index in [-0.39, 0.29) is 23.7 Å². The molecule has 0 bridgehead atoms. The Morgan fingerprint density at radius 1 is 0.902 bits per heavy atom. The fourth-order valence-electron chi connectivity index (χ4n) is 5.07. The van der Waals surface area contributed by atoms with Crippen LogP contribution >= 0.6 is 0 Å². The minimum absolute atomic E-state index is 0.103. The molecule has 2 aromatic rings. The van der Waals surface area contributed by atoms with E-state index in [9.17, 15) is 25.1 Å². The predicted molar refractivity (Wildman–Crippen MR) is 161 cm³/mol. The van der Waals surface area contributed by atoms with E-state index in [2.05, 4.69) is 32.5 Å². The number of hydrogen-bond donors (Lipinski definition) is 4. The summed E-state index contributed by atoms with van der Waals surface area (Å²) in [6, 6.07) is 2.31. The molecular formula is C30H51N5O6. The summed E-state index contributed by atoms with van der Waals surface area (Å²) in [7, 11) is 0. The Kier molecular flexibility index (Phi) is 17.6. The molecule has 41 heavy (non-hydrogen) atoms. The first-order valence-electron chi connectivity index (χ1n) is 15.7. The number of nitrogens with one attached hydrogen (secondary N) is 2. The van der Waals surface area contributed by atoms with Crippen molar-refractivity contribution in [2.45, 2.75) is 135 Å². The fraction of sp³-hybridized carbons (Fsp3) is 0.767. The zero-order chi connectivity index (χ0) is 29.7. The molecule has 1 aromatic heterocycles. The summed E-state index contributed by atoms with van der Waals surface area (Å²) in [5.41, 5.74) is 0.860. The number of nitrogens with zero attached hydrogens (tertiary/aromatic N) is 3. The molecule has 2 atom stereocenters. The maximum atomic E-state index is 12.3. The van der Waals surface area contributed by atoms with Crippen molar-refractivity contribution in [3.8, 4) is 0 Å². The smallest absolute Gasteiger partial charge is 0.300 e. The van der Waals surface area contributed by atoms with Gasteiger partial charge >= 0.3 is 5.69 Å². The van der Waals surface area contributed by atoms with Gasteiger partial charge in [0, 0.05) is 19.0 Å². The number of carbonyl (C=O) groups excluding carboxylic acids is 1. The zero-order valence-corrected chi connectivity index (χ0v) is 24.8. The van der Waals surface area contributed by atoms with Crippen molar-refractivity contribution >= 4 is 28.3 Å². The van der Waals surface area contributed by atoms with Crippen LogP contribution in [0.3, 0.4) is 0 Å². The number of aliphatic hydroxyl groups excluding tert-OH is 2. The average Bonchev–Trinajstić information content (AvgIpc) is 3.46. The molecular weight excluding hydrogens is 526 g/mol. The van der Waals surface area contributed by atoms with Gasteiger partial charge < -0.3 is 20.8 Å². The van der Waals surface area contributed by atoms with E-state index in [1.165, 1.54) is 76.7 Å². The number of amides is 1. The molecule has 0 radical (unpaired) electrons. The van der Waals surface area contributed by atoms with Crippen molar-refractivity contribution < 1.29 is 24.6 Å². The topological polar surface area (TPSA) is 164 Å². The minimum Gasteiger partial charge on any atom is -0.394 e. The highest BCUT2D eigenvalue weighted by atomic mass is 16.6. The van der Waals surface area contributed by atoms with Crippen LogP contribution in [0.4, 0.5) is 11.4 Å². The third-order valence-corrected chi connectivity index (χ3v) is 7.60. The van der Waals surface area contributed by atoms with Crippen LogP contribution in [0.2, 0.25) is 0 Å². The number of fused-ring (bicyclic) bond motifs is 1. The molecule has 2 unspecified atom stereocenters. The molecule has 232 valence electrons. The molecule has 2 rings (SSSR count). The zero-order valence-electron chi connectivity index (χ0n) is 24.8. The lowest BCUT2D eigenvalue weighted by Crippen LogP contribution is -2.45. The summed E-state index contributed by atoms with van der Waals surface area (Å²) in [6.07, 6.45) is 18.8. The SMILES string of the molecule is CCCCCCCCCCCCCCCC(O)C(CO)NC(=O)CCCCCNc1ccc([N+](=O)[O-])c2nonc12. The standard InChI is InChI=1S/C30H51N5O6/c1-2-3-4-5-6-7-8-9-10-11-12-13-15-18-27(37)25(23-36)32-28(38)19-16-14-17-22-31-24-20-21-26(35(39)40)30-29(24)33-41-34-30/h20-21,25,27,31,36-37H,2-19,22-23H2,1H3,(H,32,38). The van der Waals surface area contributed by atoms with Gasteiger partial charge in [-0.15, -0.1) is 0 Å². The summed E-state index contributed by atoms with van der Waals surface area (Å²) in [4.78, 5) is 22.9. The maximum Gasteiger partial charge on any atom is 0.300 e. The monoisotopic (exact) mass is 577 g/mol. The lowest BCUT2D eigenvalue weighted by Gasteiger charge is -2.22. The first-order chi connectivity index (χ1) is 20.0. The van der Waals surface area contributed by atoms with Crippen molar-refractivity contribution in [3.63, 3.8) is 0 Å². The maximum absolute atomic E-state index is 12.3. The van der Waals surface area contributed by atoms with Crippen LogP contribution in [-0.2, 0) is 4.79 Å². The number of carbonyl (C=O) groups is 1. The number of aliphatic hydroxyl groups is 2. The van der Waals surface area contributed by atoms with Crippen molar-refractivity contribution in [1.82, 2.24) is 15.6 Å². The van der Waals surface area contributed by atoms with Gasteiger partial charge in [-0.05, 0) is 35.6 Å². The van der Waals surface area contributed by atoms with Gasteiger partial charge in [0.25, 0.3) is 0 Å². The van der Waals surface area contributed by atoms with Crippen LogP contribution in [0.25, 0.3) is 11.0 Å². The van der Waals surface area contributed by atoms with Gasteiger partial charge in [-0.2, -0.15) is 0 Å². The van der Waals surface area contributed by atoms with Crippen LogP contribution < -0.4 is 10.6 Å². The summed E-state index contributed by atoms with van der Waals surface area (Å²) >= 11 is 0. The summed E-state index contributed by atoms with van der Waals surface area (Å²) < 4.78 is 4.66. The van der Waals surface area contributed by atoms with Crippen LogP contribution in [0.1, 0.15) is 122 Å². The molecule has 4 N–H and O–H groups in total. The van der Waals surface area contributed by atoms with Gasteiger partial charge in [0.2, 0.25) is 11.4 Å². The molecule has 0 saturated carbocycles. The molecule has 1 heterocycles. The number of aromatic nitrogens is 2. The summed E-state index contributed by atoms with van der Waals surface area (Å²) in [5, 5.41) is 44.6. The Labute approximate surface area is 244 Å². The van der Waals surface area contributed by atoms with Gasteiger partial charge in [-0.1, -0.05) is 96.8 Å². The number of benzene rings is 1. The molecule has 0 spiro atoms. The van der Waals surface area contributed by atoms with Gasteiger partial charge in [0.05, 0.1) is 29.4 Å². The number of non-ortho nitro benzene ring substituents is 1. The van der Waals surface area contributed by atoms with Crippen molar-refractivity contribution in [2.75, 3.05) is 18.5 Å². The molecule has 1 aromatic carbocycles. The number of hydrogen-bond acceptors (Lipinski definition) is 9. The average molecular weight is 578 g/mol. The van der Waals surface area contributed by atoms with Crippen LogP contribution in [-0.4, -0.2) is 56.7 Å². The molecule has 0 aliphatic carbocycles. The Hall–Kier alpha value is -2.79. The van der Waals surface area contributed by atoms with Crippen molar-refractivity contribution in [3.05, 3.63) is 22.2 Å². The lowest BCUT2D eigenvalue weighted by molar-refractivity contribution is -0.383. The van der Waals surface area contributed by atoms with Crippen LogP contribution in [0, 0.1) is 10.1 Å². The fourth-order valence-corrected chi connectivity index (χ4v) is 5.07. The van der Waals surface area contributed by atoms with Gasteiger partial charge in [-0.25, -0.2) is 4.63 Å². The first kappa shape index (κ1) is 34.4. The number of nitro groups is 1. The predicted octanol–water partition coefficient (Wildman–Crippen LogP) is 6.42. The van der Waals surface area contributed by atoms with Crippen molar-refractivity contribution in [1.29, 1.82) is 0 Å². The van der Waals surface area contributed by atoms with E-state index >= 15 is 0 Å². The Morgan fingerprint density at radius 3 is 2.10 bits per heavy atom. The number of anilines is 1. The molecule has 1 amide bonds. The van der Waals surface area contributed by atoms with E-state index < -0.39 is 17.1 Å². The Bertz CT molecular complexity index is 1000. The Balaban J connectivity index is 1.49. The summed E-state index contributed by atoms with van der Waals surface area (Å²) in [6.45, 7) is 2.56. The van der Waals surface area contributed by atoms with E-state index in [1.54, 1.807) is 6.07 Å². The van der Waals surface area contributed by atoms with E-state index in [1.807, 2.05) is 0 Å². The van der Waals surface area contributed by atoms with Gasteiger partial charge in [0.15, 0.2) is 5.52 Å². The number of unbranched alkanes of at least 4 members (excludes halogenated alkanes) is 14. The van der Waals surface area contributed by atoms with E-state index in [0.717, 1.165) is 25.7 Å². The second kappa shape index (κ2) is 21.0. The minimum atomic E-state index is -0.745. The molecule has 0 saturated heterocycles. The highest BCUT2D eigenvalue weighted by Gasteiger charge is 2.21. The van der Waals surface area contributed by atoms with Crippen LogP contribution in [0.15, 0.2) is 16.8 Å². The van der Waals surface area contributed by atoms with E-state index in [4.69, 9.17) is 0 Å². The van der Waals surface area contributed by atoms with Gasteiger partial charge in [-0.3, -0.25) is 14.9 Å². The molecule has 11 nitrogen and oxygen atoms in total.